The van der Waals surface area contributed by atoms with Gasteiger partial charge in [-0.2, -0.15) is 0 Å². The zero-order chi connectivity index (χ0) is 11.8. The maximum atomic E-state index is 12.2. The van der Waals surface area contributed by atoms with Gasteiger partial charge in [-0.15, -0.1) is 0 Å². The normalized spacial score (nSPS) is 30.5. The molecule has 3 nitrogen and oxygen atoms in total. The molecule has 2 saturated carbocycles. The molecule has 0 spiro atoms. The molecule has 1 aromatic rings. The highest BCUT2D eigenvalue weighted by Crippen LogP contribution is 2.48. The second kappa shape index (κ2) is 4.13. The van der Waals surface area contributed by atoms with E-state index in [9.17, 15) is 4.79 Å². The topological polar surface area (TPSA) is 42.0 Å². The van der Waals surface area contributed by atoms with Crippen molar-refractivity contribution in [1.29, 1.82) is 0 Å². The number of hydrogen-bond acceptors (Lipinski definition) is 2. The zero-order valence-corrected chi connectivity index (χ0v) is 10.1. The number of amides is 1. The summed E-state index contributed by atoms with van der Waals surface area (Å²) >= 11 is 0. The van der Waals surface area contributed by atoms with Crippen LogP contribution in [0, 0.1) is 24.7 Å². The molecule has 0 aromatic carbocycles. The molecule has 0 radical (unpaired) electrons. The van der Waals surface area contributed by atoms with Crippen LogP contribution in [0.3, 0.4) is 0 Å². The maximum absolute atomic E-state index is 12.2. The summed E-state index contributed by atoms with van der Waals surface area (Å²) in [4.78, 5) is 16.4. The van der Waals surface area contributed by atoms with Crippen LogP contribution in [0.15, 0.2) is 18.3 Å². The number of carbonyl (C=O) groups excluding carboxylic acids is 1. The molecule has 2 aliphatic carbocycles. The number of aromatic nitrogens is 1. The van der Waals surface area contributed by atoms with E-state index < -0.39 is 0 Å². The van der Waals surface area contributed by atoms with Gasteiger partial charge < -0.3 is 5.32 Å². The Labute approximate surface area is 102 Å². The summed E-state index contributed by atoms with van der Waals surface area (Å²) in [5.74, 6) is 2.57. The zero-order valence-electron chi connectivity index (χ0n) is 10.1. The van der Waals surface area contributed by atoms with E-state index in [1.165, 1.54) is 19.3 Å². The fourth-order valence-corrected chi connectivity index (χ4v) is 3.39. The molecule has 3 rings (SSSR count). The molecule has 3 atom stereocenters. The Balaban J connectivity index is 1.70. The number of nitrogens with zero attached hydrogens (tertiary/aromatic N) is 1. The first kappa shape index (κ1) is 10.8. The number of fused-ring (bicyclic) bond motifs is 2. The fourth-order valence-electron chi connectivity index (χ4n) is 3.39. The van der Waals surface area contributed by atoms with E-state index in [1.54, 1.807) is 6.20 Å². The summed E-state index contributed by atoms with van der Waals surface area (Å²) in [6.07, 6.45) is 6.64. The lowest BCUT2D eigenvalue weighted by Crippen LogP contribution is -2.27. The van der Waals surface area contributed by atoms with Crippen molar-refractivity contribution in [2.24, 2.45) is 17.8 Å². The third kappa shape index (κ3) is 1.94. The molecule has 2 aliphatic rings. The molecule has 0 saturated heterocycles. The van der Waals surface area contributed by atoms with Crippen LogP contribution in [0.2, 0.25) is 0 Å². The second-order valence-electron chi connectivity index (χ2n) is 5.44. The minimum atomic E-state index is 0.180. The van der Waals surface area contributed by atoms with Gasteiger partial charge >= 0.3 is 0 Å². The number of pyridine rings is 1. The first-order valence-corrected chi connectivity index (χ1v) is 6.46. The van der Waals surface area contributed by atoms with Gasteiger partial charge in [0, 0.05) is 12.1 Å². The Morgan fingerprint density at radius 1 is 1.41 bits per heavy atom. The third-order valence-corrected chi connectivity index (χ3v) is 4.33. The van der Waals surface area contributed by atoms with Crippen LogP contribution < -0.4 is 5.32 Å². The van der Waals surface area contributed by atoms with Crippen molar-refractivity contribution in [3.05, 3.63) is 23.9 Å². The molecule has 2 fully saturated rings. The standard InChI is InChI=1S/C14H18N2O/c1-9-3-2-6-15-13(9)16-14(17)12-8-10-4-5-11(12)7-10/h2-3,6,10-12H,4-5,7-8H2,1H3,(H,15,16,17)/t10-,11+,12+/m0/s1. The van der Waals surface area contributed by atoms with Crippen molar-refractivity contribution < 1.29 is 4.79 Å². The minimum Gasteiger partial charge on any atom is -0.310 e. The first-order chi connectivity index (χ1) is 8.24. The van der Waals surface area contributed by atoms with Gasteiger partial charge in [0.2, 0.25) is 5.91 Å². The number of anilines is 1. The average molecular weight is 230 g/mol. The highest BCUT2D eigenvalue weighted by atomic mass is 16.2. The largest absolute Gasteiger partial charge is 0.310 e. The van der Waals surface area contributed by atoms with Crippen LogP contribution in [0.4, 0.5) is 5.82 Å². The molecule has 2 bridgehead atoms. The smallest absolute Gasteiger partial charge is 0.228 e. The molecule has 0 aliphatic heterocycles. The van der Waals surface area contributed by atoms with E-state index in [2.05, 4.69) is 10.3 Å². The predicted octanol–water partition coefficient (Wildman–Crippen LogP) is 2.76. The van der Waals surface area contributed by atoms with Crippen LogP contribution in [-0.2, 0) is 4.79 Å². The Bertz CT molecular complexity index is 444. The van der Waals surface area contributed by atoms with Crippen LogP contribution in [-0.4, -0.2) is 10.9 Å². The van der Waals surface area contributed by atoms with Gasteiger partial charge in [0.1, 0.15) is 5.82 Å². The summed E-state index contributed by atoms with van der Waals surface area (Å²) in [6.45, 7) is 1.98. The Hall–Kier alpha value is -1.38. The van der Waals surface area contributed by atoms with Gasteiger partial charge in [-0.1, -0.05) is 12.5 Å². The molecule has 17 heavy (non-hydrogen) atoms. The van der Waals surface area contributed by atoms with Gasteiger partial charge in [0.25, 0.3) is 0 Å². The summed E-state index contributed by atoms with van der Waals surface area (Å²) in [6, 6.07) is 3.87. The van der Waals surface area contributed by atoms with E-state index in [-0.39, 0.29) is 11.8 Å². The fraction of sp³-hybridized carbons (Fsp3) is 0.571. The van der Waals surface area contributed by atoms with Crippen molar-refractivity contribution in [2.75, 3.05) is 5.32 Å². The van der Waals surface area contributed by atoms with Crippen molar-refractivity contribution in [2.45, 2.75) is 32.6 Å². The second-order valence-corrected chi connectivity index (χ2v) is 5.44. The first-order valence-electron chi connectivity index (χ1n) is 6.46. The maximum Gasteiger partial charge on any atom is 0.228 e. The quantitative estimate of drug-likeness (QED) is 0.848. The van der Waals surface area contributed by atoms with Crippen molar-refractivity contribution in [3.63, 3.8) is 0 Å². The van der Waals surface area contributed by atoms with Gasteiger partial charge in [-0.05, 0) is 49.7 Å². The molecule has 90 valence electrons. The van der Waals surface area contributed by atoms with Gasteiger partial charge in [0.05, 0.1) is 0 Å². The number of nitrogens with one attached hydrogen (secondary N) is 1. The van der Waals surface area contributed by atoms with Gasteiger partial charge in [0.15, 0.2) is 0 Å². The number of hydrogen-bond donors (Lipinski definition) is 1. The SMILES string of the molecule is Cc1cccnc1NC(=O)[C@@H]1C[C@H]2CC[C@@H]1C2. The average Bonchev–Trinajstić information content (AvgIpc) is 2.94. The van der Waals surface area contributed by atoms with Crippen LogP contribution in [0.25, 0.3) is 0 Å². The lowest BCUT2D eigenvalue weighted by molar-refractivity contribution is -0.121. The third-order valence-electron chi connectivity index (χ3n) is 4.33. The summed E-state index contributed by atoms with van der Waals surface area (Å²) in [7, 11) is 0. The van der Waals surface area contributed by atoms with E-state index in [0.29, 0.717) is 5.92 Å². The van der Waals surface area contributed by atoms with Crippen molar-refractivity contribution in [1.82, 2.24) is 4.98 Å². The minimum absolute atomic E-state index is 0.180. The van der Waals surface area contributed by atoms with Crippen molar-refractivity contribution >= 4 is 11.7 Å². The molecule has 0 unspecified atom stereocenters. The molecular weight excluding hydrogens is 212 g/mol. The van der Waals surface area contributed by atoms with Crippen molar-refractivity contribution in [3.8, 4) is 0 Å². The van der Waals surface area contributed by atoms with E-state index in [0.717, 1.165) is 23.7 Å². The summed E-state index contributed by atoms with van der Waals surface area (Å²) in [5.41, 5.74) is 1.03. The van der Waals surface area contributed by atoms with Gasteiger partial charge in [-0.25, -0.2) is 4.98 Å². The Morgan fingerprint density at radius 2 is 2.29 bits per heavy atom. The highest BCUT2D eigenvalue weighted by Gasteiger charge is 2.43. The monoisotopic (exact) mass is 230 g/mol. The molecule has 1 N–H and O–H groups in total. The van der Waals surface area contributed by atoms with Crippen LogP contribution in [0.5, 0.6) is 0 Å². The summed E-state index contributed by atoms with van der Waals surface area (Å²) < 4.78 is 0. The molecule has 1 heterocycles. The number of aryl methyl sites for hydroxylation is 1. The lowest BCUT2D eigenvalue weighted by Gasteiger charge is -2.20. The molecule has 1 aromatic heterocycles. The number of carbonyl (C=O) groups is 1. The van der Waals surface area contributed by atoms with E-state index >= 15 is 0 Å². The van der Waals surface area contributed by atoms with Crippen LogP contribution in [0.1, 0.15) is 31.2 Å². The number of rotatable bonds is 2. The predicted molar refractivity (Wildman–Crippen MR) is 66.5 cm³/mol. The summed E-state index contributed by atoms with van der Waals surface area (Å²) in [5, 5.41) is 2.99. The van der Waals surface area contributed by atoms with E-state index in [1.807, 2.05) is 19.1 Å². The van der Waals surface area contributed by atoms with Gasteiger partial charge in [-0.3, -0.25) is 4.79 Å². The highest BCUT2D eigenvalue weighted by molar-refractivity contribution is 5.92. The Morgan fingerprint density at radius 3 is 2.94 bits per heavy atom. The molecular formula is C14H18N2O. The molecule has 1 amide bonds. The Kier molecular flexibility index (Phi) is 2.61. The van der Waals surface area contributed by atoms with Crippen LogP contribution >= 0.6 is 0 Å². The molecule has 3 heteroatoms. The van der Waals surface area contributed by atoms with E-state index in [4.69, 9.17) is 0 Å². The lowest BCUT2D eigenvalue weighted by atomic mass is 9.88.